The van der Waals surface area contributed by atoms with Gasteiger partial charge < -0.3 is 14.6 Å². The second-order valence-electron chi connectivity index (χ2n) is 4.65. The predicted molar refractivity (Wildman–Crippen MR) is 68.3 cm³/mol. The molecule has 1 N–H and O–H groups in total. The summed E-state index contributed by atoms with van der Waals surface area (Å²) in [6, 6.07) is 5.28. The van der Waals surface area contributed by atoms with Gasteiger partial charge in [-0.05, 0) is 25.0 Å². The second kappa shape index (κ2) is 5.01. The van der Waals surface area contributed by atoms with Crippen molar-refractivity contribution < 1.29 is 13.7 Å². The van der Waals surface area contributed by atoms with Crippen LogP contribution in [0.25, 0.3) is 11.3 Å². The van der Waals surface area contributed by atoms with E-state index >= 15 is 0 Å². The third-order valence-corrected chi connectivity index (χ3v) is 3.23. The average molecular weight is 262 g/mol. The molecule has 0 atom stereocenters. The number of benzene rings is 1. The van der Waals surface area contributed by atoms with Gasteiger partial charge in [-0.3, -0.25) is 0 Å². The second-order valence-corrected chi connectivity index (χ2v) is 4.65. The van der Waals surface area contributed by atoms with Crippen molar-refractivity contribution in [1.82, 2.24) is 10.5 Å². The van der Waals surface area contributed by atoms with E-state index in [4.69, 9.17) is 9.26 Å². The zero-order valence-corrected chi connectivity index (χ0v) is 10.6. The Labute approximate surface area is 110 Å². The Morgan fingerprint density at radius 2 is 2.32 bits per heavy atom. The summed E-state index contributed by atoms with van der Waals surface area (Å²) in [5, 5.41) is 7.14. The summed E-state index contributed by atoms with van der Waals surface area (Å²) in [5.41, 5.74) is 1.17. The first kappa shape index (κ1) is 12.2. The molecule has 1 heterocycles. The molecule has 4 nitrogen and oxygen atoms in total. The predicted octanol–water partition coefficient (Wildman–Crippen LogP) is 2.74. The van der Waals surface area contributed by atoms with Crippen molar-refractivity contribution in [2.45, 2.75) is 25.4 Å². The van der Waals surface area contributed by atoms with E-state index in [1.807, 2.05) is 0 Å². The summed E-state index contributed by atoms with van der Waals surface area (Å²) in [7, 11) is 1.51. The van der Waals surface area contributed by atoms with Crippen LogP contribution in [0.4, 0.5) is 4.39 Å². The molecule has 1 fully saturated rings. The summed E-state index contributed by atoms with van der Waals surface area (Å²) in [4.78, 5) is 0. The van der Waals surface area contributed by atoms with E-state index in [1.54, 1.807) is 18.3 Å². The molecule has 0 bridgehead atoms. The number of rotatable bonds is 5. The third-order valence-electron chi connectivity index (χ3n) is 3.23. The maximum Gasteiger partial charge on any atom is 0.178 e. The van der Waals surface area contributed by atoms with Gasteiger partial charge in [0, 0.05) is 18.2 Å². The third kappa shape index (κ3) is 2.46. The van der Waals surface area contributed by atoms with Gasteiger partial charge in [-0.1, -0.05) is 11.2 Å². The van der Waals surface area contributed by atoms with Crippen LogP contribution in [0.1, 0.15) is 18.4 Å². The lowest BCUT2D eigenvalue weighted by Gasteiger charge is -2.08. The maximum absolute atomic E-state index is 14.0. The number of halogens is 1. The Morgan fingerprint density at radius 3 is 3.05 bits per heavy atom. The first-order chi connectivity index (χ1) is 9.29. The number of hydrogen-bond donors (Lipinski definition) is 1. The number of methoxy groups -OCH3 is 1. The van der Waals surface area contributed by atoms with E-state index in [1.165, 1.54) is 26.0 Å². The van der Waals surface area contributed by atoms with Gasteiger partial charge in [-0.15, -0.1) is 0 Å². The van der Waals surface area contributed by atoms with E-state index in [9.17, 15) is 4.39 Å². The highest BCUT2D eigenvalue weighted by Gasteiger charge is 2.23. The van der Waals surface area contributed by atoms with Crippen molar-refractivity contribution in [3.05, 3.63) is 35.8 Å². The fourth-order valence-electron chi connectivity index (χ4n) is 2.03. The highest BCUT2D eigenvalue weighted by atomic mass is 19.1. The molecule has 0 unspecified atom stereocenters. The van der Waals surface area contributed by atoms with Crippen molar-refractivity contribution in [3.63, 3.8) is 0 Å². The molecule has 1 aromatic heterocycles. The Balaban J connectivity index is 1.94. The van der Waals surface area contributed by atoms with Crippen molar-refractivity contribution in [3.8, 4) is 17.1 Å². The Morgan fingerprint density at radius 1 is 1.47 bits per heavy atom. The zero-order chi connectivity index (χ0) is 13.2. The minimum absolute atomic E-state index is 0.329. The maximum atomic E-state index is 14.0. The first-order valence-corrected chi connectivity index (χ1v) is 6.29. The number of ether oxygens (including phenoxy) is 1. The largest absolute Gasteiger partial charge is 0.496 e. The molecule has 0 aliphatic heterocycles. The smallest absolute Gasteiger partial charge is 0.178 e. The van der Waals surface area contributed by atoms with Gasteiger partial charge in [0.2, 0.25) is 0 Å². The molecule has 0 radical (unpaired) electrons. The summed E-state index contributed by atoms with van der Waals surface area (Å²) in [6.45, 7) is 0.626. The van der Waals surface area contributed by atoms with Crippen LogP contribution in [0, 0.1) is 5.82 Å². The van der Waals surface area contributed by atoms with Crippen LogP contribution in [0.3, 0.4) is 0 Å². The average Bonchev–Trinajstić information content (AvgIpc) is 3.14. The fraction of sp³-hybridized carbons (Fsp3) is 0.357. The summed E-state index contributed by atoms with van der Waals surface area (Å²) in [6.07, 6.45) is 4.02. The standard InChI is InChI=1S/C14H15FN2O2/c1-18-12-4-2-3-11(15)13(12)14-9(8-17-19-14)7-16-10-5-6-10/h2-4,8,10,16H,5-7H2,1H3. The minimum atomic E-state index is -0.372. The lowest BCUT2D eigenvalue weighted by Crippen LogP contribution is -2.15. The van der Waals surface area contributed by atoms with Gasteiger partial charge in [0.1, 0.15) is 11.6 Å². The molecular weight excluding hydrogens is 247 g/mol. The number of aromatic nitrogens is 1. The molecular formula is C14H15FN2O2. The molecule has 5 heteroatoms. The van der Waals surface area contributed by atoms with Gasteiger partial charge in [0.05, 0.1) is 18.9 Å². The molecule has 1 aliphatic carbocycles. The van der Waals surface area contributed by atoms with Crippen LogP contribution in [0.5, 0.6) is 5.75 Å². The molecule has 100 valence electrons. The lowest BCUT2D eigenvalue weighted by atomic mass is 10.1. The normalized spacial score (nSPS) is 14.6. The molecule has 1 aromatic carbocycles. The first-order valence-electron chi connectivity index (χ1n) is 6.29. The number of nitrogens with one attached hydrogen (secondary N) is 1. The fourth-order valence-corrected chi connectivity index (χ4v) is 2.03. The van der Waals surface area contributed by atoms with E-state index in [2.05, 4.69) is 10.5 Å². The summed E-state index contributed by atoms with van der Waals surface area (Å²) < 4.78 is 24.4. The van der Waals surface area contributed by atoms with Crippen LogP contribution < -0.4 is 10.1 Å². The number of hydrogen-bond acceptors (Lipinski definition) is 4. The highest BCUT2D eigenvalue weighted by molar-refractivity contribution is 5.68. The molecule has 3 rings (SSSR count). The van der Waals surface area contributed by atoms with Crippen molar-refractivity contribution >= 4 is 0 Å². The highest BCUT2D eigenvalue weighted by Crippen LogP contribution is 2.34. The molecule has 1 aliphatic rings. The molecule has 2 aromatic rings. The Bertz CT molecular complexity index is 579. The van der Waals surface area contributed by atoms with Gasteiger partial charge in [0.15, 0.2) is 5.76 Å². The van der Waals surface area contributed by atoms with Gasteiger partial charge in [-0.25, -0.2) is 4.39 Å². The van der Waals surface area contributed by atoms with Crippen molar-refractivity contribution in [2.24, 2.45) is 0 Å². The van der Waals surface area contributed by atoms with Crippen LogP contribution >= 0.6 is 0 Å². The quantitative estimate of drug-likeness (QED) is 0.900. The number of nitrogens with zero attached hydrogens (tertiary/aromatic N) is 1. The van der Waals surface area contributed by atoms with Gasteiger partial charge >= 0.3 is 0 Å². The summed E-state index contributed by atoms with van der Waals surface area (Å²) >= 11 is 0. The van der Waals surface area contributed by atoms with Gasteiger partial charge in [-0.2, -0.15) is 0 Å². The Kier molecular flexibility index (Phi) is 3.21. The van der Waals surface area contributed by atoms with Crippen LogP contribution in [-0.4, -0.2) is 18.3 Å². The van der Waals surface area contributed by atoms with Gasteiger partial charge in [0.25, 0.3) is 0 Å². The SMILES string of the molecule is COc1cccc(F)c1-c1oncc1CNC1CC1. The van der Waals surface area contributed by atoms with Crippen LogP contribution in [0.15, 0.2) is 28.9 Å². The van der Waals surface area contributed by atoms with E-state index in [0.717, 1.165) is 5.56 Å². The van der Waals surface area contributed by atoms with E-state index in [0.29, 0.717) is 29.7 Å². The summed E-state index contributed by atoms with van der Waals surface area (Å²) in [5.74, 6) is 0.510. The lowest BCUT2D eigenvalue weighted by molar-refractivity contribution is 0.401. The molecule has 19 heavy (non-hydrogen) atoms. The Hall–Kier alpha value is -1.88. The minimum Gasteiger partial charge on any atom is -0.496 e. The molecule has 0 amide bonds. The zero-order valence-electron chi connectivity index (χ0n) is 10.6. The van der Waals surface area contributed by atoms with Crippen molar-refractivity contribution in [2.75, 3.05) is 7.11 Å². The van der Waals surface area contributed by atoms with Crippen LogP contribution in [-0.2, 0) is 6.54 Å². The van der Waals surface area contributed by atoms with Crippen molar-refractivity contribution in [1.29, 1.82) is 0 Å². The monoisotopic (exact) mass is 262 g/mol. The molecule has 0 saturated heterocycles. The van der Waals surface area contributed by atoms with Crippen LogP contribution in [0.2, 0.25) is 0 Å². The molecule has 0 spiro atoms. The van der Waals surface area contributed by atoms with E-state index in [-0.39, 0.29) is 5.82 Å². The molecule has 1 saturated carbocycles. The topological polar surface area (TPSA) is 47.3 Å². The van der Waals surface area contributed by atoms with E-state index < -0.39 is 0 Å².